The van der Waals surface area contributed by atoms with Crippen LogP contribution in [0.1, 0.15) is 44.6 Å². The van der Waals surface area contributed by atoms with Gasteiger partial charge in [0.05, 0.1) is 5.75 Å². The average Bonchev–Trinajstić information content (AvgIpc) is 3.04. The molecule has 2 aromatic rings. The number of hydrogen-bond donors (Lipinski definition) is 1. The average molecular weight is 359 g/mol. The number of amides is 1. The van der Waals surface area contributed by atoms with Crippen molar-refractivity contribution < 1.29 is 4.79 Å². The normalized spacial score (nSPS) is 15.3. The Morgan fingerprint density at radius 2 is 1.92 bits per heavy atom. The van der Waals surface area contributed by atoms with Gasteiger partial charge in [-0.15, -0.1) is 10.2 Å². The van der Waals surface area contributed by atoms with Gasteiger partial charge in [-0.05, 0) is 26.7 Å². The molecule has 6 heteroatoms. The fourth-order valence-corrected chi connectivity index (χ4v) is 4.06. The van der Waals surface area contributed by atoms with Crippen LogP contribution in [0.2, 0.25) is 0 Å². The highest BCUT2D eigenvalue weighted by Gasteiger charge is 2.18. The molecule has 0 spiro atoms. The molecule has 0 radical (unpaired) electrons. The predicted molar refractivity (Wildman–Crippen MR) is 102 cm³/mol. The summed E-state index contributed by atoms with van der Waals surface area (Å²) in [5.74, 6) is 1.35. The van der Waals surface area contributed by atoms with E-state index < -0.39 is 0 Å². The van der Waals surface area contributed by atoms with Crippen molar-refractivity contribution in [3.8, 4) is 11.4 Å². The van der Waals surface area contributed by atoms with E-state index in [0.29, 0.717) is 11.8 Å². The Labute approximate surface area is 153 Å². The summed E-state index contributed by atoms with van der Waals surface area (Å²) in [4.78, 5) is 12.2. The summed E-state index contributed by atoms with van der Waals surface area (Å²) in [5, 5.41) is 12.6. The minimum Gasteiger partial charge on any atom is -0.353 e. The minimum absolute atomic E-state index is 0.0967. The van der Waals surface area contributed by atoms with Crippen molar-refractivity contribution >= 4 is 17.7 Å². The van der Waals surface area contributed by atoms with E-state index in [-0.39, 0.29) is 5.91 Å². The number of nitrogens with one attached hydrogen (secondary N) is 1. The van der Waals surface area contributed by atoms with E-state index in [0.717, 1.165) is 35.9 Å². The number of rotatable bonds is 6. The lowest BCUT2D eigenvalue weighted by atomic mass is 9.95. The molecule has 0 aliphatic heterocycles. The maximum Gasteiger partial charge on any atom is 0.230 e. The van der Waals surface area contributed by atoms with Crippen LogP contribution in [0.3, 0.4) is 0 Å². The molecule has 1 aliphatic rings. The molecular formula is C19H26N4OS. The zero-order valence-corrected chi connectivity index (χ0v) is 15.8. The lowest BCUT2D eigenvalue weighted by Crippen LogP contribution is -2.37. The van der Waals surface area contributed by atoms with Gasteiger partial charge in [0.1, 0.15) is 0 Å². The summed E-state index contributed by atoms with van der Waals surface area (Å²) >= 11 is 1.46. The fourth-order valence-electron chi connectivity index (χ4n) is 3.24. The molecule has 25 heavy (non-hydrogen) atoms. The highest BCUT2D eigenvalue weighted by molar-refractivity contribution is 7.99. The molecular weight excluding hydrogens is 332 g/mol. The smallest absolute Gasteiger partial charge is 0.230 e. The van der Waals surface area contributed by atoms with Gasteiger partial charge in [-0.1, -0.05) is 60.9 Å². The van der Waals surface area contributed by atoms with Gasteiger partial charge in [-0.25, -0.2) is 0 Å². The molecule has 5 nitrogen and oxygen atoms in total. The number of hydrogen-bond acceptors (Lipinski definition) is 4. The van der Waals surface area contributed by atoms with Crippen molar-refractivity contribution in [3.63, 3.8) is 0 Å². The van der Waals surface area contributed by atoms with Gasteiger partial charge >= 0.3 is 0 Å². The summed E-state index contributed by atoms with van der Waals surface area (Å²) in [6.07, 6.45) is 5.96. The molecule has 1 aliphatic carbocycles. The van der Waals surface area contributed by atoms with E-state index >= 15 is 0 Å². The van der Waals surface area contributed by atoms with Crippen LogP contribution in [0.25, 0.3) is 11.4 Å². The van der Waals surface area contributed by atoms with Gasteiger partial charge in [0.25, 0.3) is 0 Å². The van der Waals surface area contributed by atoms with Crippen molar-refractivity contribution in [2.24, 2.45) is 0 Å². The van der Waals surface area contributed by atoms with Crippen molar-refractivity contribution in [3.05, 3.63) is 29.8 Å². The quantitative estimate of drug-likeness (QED) is 0.798. The summed E-state index contributed by atoms with van der Waals surface area (Å²) in [7, 11) is 0. The minimum atomic E-state index is 0.0967. The van der Waals surface area contributed by atoms with Crippen molar-refractivity contribution in [2.45, 2.75) is 63.7 Å². The summed E-state index contributed by atoms with van der Waals surface area (Å²) in [6, 6.07) is 8.64. The summed E-state index contributed by atoms with van der Waals surface area (Å²) in [5.41, 5.74) is 2.28. The van der Waals surface area contributed by atoms with Crippen molar-refractivity contribution in [1.82, 2.24) is 20.1 Å². The van der Waals surface area contributed by atoms with Gasteiger partial charge in [0, 0.05) is 18.2 Å². The van der Waals surface area contributed by atoms with Gasteiger partial charge < -0.3 is 9.88 Å². The molecule has 1 aromatic heterocycles. The molecule has 1 heterocycles. The Bertz CT molecular complexity index is 705. The topological polar surface area (TPSA) is 59.8 Å². The Morgan fingerprint density at radius 1 is 1.20 bits per heavy atom. The first-order chi connectivity index (χ1) is 12.2. The summed E-state index contributed by atoms with van der Waals surface area (Å²) < 4.78 is 2.07. The lowest BCUT2D eigenvalue weighted by Gasteiger charge is -2.22. The van der Waals surface area contributed by atoms with Crippen LogP contribution in [-0.2, 0) is 11.3 Å². The van der Waals surface area contributed by atoms with Gasteiger partial charge in [0.2, 0.25) is 5.91 Å². The second-order valence-electron chi connectivity index (χ2n) is 6.61. The van der Waals surface area contributed by atoms with Crippen LogP contribution in [0, 0.1) is 6.92 Å². The van der Waals surface area contributed by atoms with Crippen molar-refractivity contribution in [2.75, 3.05) is 5.75 Å². The maximum atomic E-state index is 12.2. The van der Waals surface area contributed by atoms with E-state index in [2.05, 4.69) is 58.2 Å². The Morgan fingerprint density at radius 3 is 2.60 bits per heavy atom. The molecule has 0 bridgehead atoms. The maximum absolute atomic E-state index is 12.2. The zero-order chi connectivity index (χ0) is 17.6. The largest absolute Gasteiger partial charge is 0.353 e. The molecule has 134 valence electrons. The van der Waals surface area contributed by atoms with Crippen LogP contribution < -0.4 is 5.32 Å². The van der Waals surface area contributed by atoms with Crippen molar-refractivity contribution in [1.29, 1.82) is 0 Å². The Hall–Kier alpha value is -1.82. The molecule has 0 unspecified atom stereocenters. The molecule has 0 saturated heterocycles. The molecule has 3 rings (SSSR count). The predicted octanol–water partition coefficient (Wildman–Crippen LogP) is 3.81. The molecule has 0 atom stereocenters. The third kappa shape index (κ3) is 4.63. The zero-order valence-electron chi connectivity index (χ0n) is 15.0. The lowest BCUT2D eigenvalue weighted by molar-refractivity contribution is -0.119. The van der Waals surface area contributed by atoms with E-state index in [9.17, 15) is 4.79 Å². The standard InChI is InChI=1S/C19H26N4OS/c1-3-23-18(15-11-9-14(2)10-12-15)21-22-19(23)25-13-17(24)20-16-7-5-4-6-8-16/h9-12,16H,3-8,13H2,1-2H3,(H,20,24). The van der Waals surface area contributed by atoms with E-state index in [1.54, 1.807) is 0 Å². The Balaban J connectivity index is 1.62. The third-order valence-corrected chi connectivity index (χ3v) is 5.61. The van der Waals surface area contributed by atoms with Gasteiger partial charge in [-0.3, -0.25) is 4.79 Å². The first kappa shape index (κ1) is 18.0. The first-order valence-electron chi connectivity index (χ1n) is 9.09. The number of nitrogens with zero attached hydrogens (tertiary/aromatic N) is 3. The number of aryl methyl sites for hydroxylation is 1. The SMILES string of the molecule is CCn1c(SCC(=O)NC2CCCCC2)nnc1-c1ccc(C)cc1. The van der Waals surface area contributed by atoms with Crippen LogP contribution >= 0.6 is 11.8 Å². The second kappa shape index (κ2) is 8.52. The fraction of sp³-hybridized carbons (Fsp3) is 0.526. The highest BCUT2D eigenvalue weighted by atomic mass is 32.2. The molecule has 1 saturated carbocycles. The highest BCUT2D eigenvalue weighted by Crippen LogP contribution is 2.24. The number of carbonyl (C=O) groups excluding carboxylic acids is 1. The first-order valence-corrected chi connectivity index (χ1v) is 10.1. The van der Waals surface area contributed by atoms with Crippen LogP contribution in [0.15, 0.2) is 29.4 Å². The third-order valence-electron chi connectivity index (χ3n) is 4.65. The monoisotopic (exact) mass is 358 g/mol. The van der Waals surface area contributed by atoms with Crippen LogP contribution in [0.4, 0.5) is 0 Å². The number of benzene rings is 1. The van der Waals surface area contributed by atoms with E-state index in [1.807, 2.05) is 0 Å². The van der Waals surface area contributed by atoms with Gasteiger partial charge in [-0.2, -0.15) is 0 Å². The van der Waals surface area contributed by atoms with Gasteiger partial charge in [0.15, 0.2) is 11.0 Å². The molecule has 1 amide bonds. The molecule has 1 N–H and O–H groups in total. The second-order valence-corrected chi connectivity index (χ2v) is 7.55. The number of thioether (sulfide) groups is 1. The van der Waals surface area contributed by atoms with Crippen LogP contribution in [-0.4, -0.2) is 32.5 Å². The molecule has 1 aromatic carbocycles. The van der Waals surface area contributed by atoms with Crippen LogP contribution in [0.5, 0.6) is 0 Å². The Kier molecular flexibility index (Phi) is 6.13. The number of aromatic nitrogens is 3. The molecule has 1 fully saturated rings. The van der Waals surface area contributed by atoms with E-state index in [1.165, 1.54) is 36.6 Å². The number of carbonyl (C=O) groups is 1. The summed E-state index contributed by atoms with van der Waals surface area (Å²) in [6.45, 7) is 4.93. The van der Waals surface area contributed by atoms with E-state index in [4.69, 9.17) is 0 Å².